The van der Waals surface area contributed by atoms with Crippen LogP contribution >= 0.6 is 0 Å². The van der Waals surface area contributed by atoms with E-state index < -0.39 is 21.8 Å². The first-order chi connectivity index (χ1) is 16.1. The molecule has 0 radical (unpaired) electrons. The van der Waals surface area contributed by atoms with Crippen molar-refractivity contribution in [2.75, 3.05) is 40.7 Å². The molecule has 34 heavy (non-hydrogen) atoms. The molecular formula is C25H26FN3O4S. The third kappa shape index (κ3) is 4.99. The zero-order valence-electron chi connectivity index (χ0n) is 19.0. The third-order valence-electron chi connectivity index (χ3n) is 5.91. The van der Waals surface area contributed by atoms with E-state index in [1.807, 2.05) is 4.90 Å². The van der Waals surface area contributed by atoms with Crippen molar-refractivity contribution in [3.63, 3.8) is 0 Å². The van der Waals surface area contributed by atoms with Gasteiger partial charge in [-0.2, -0.15) is 0 Å². The number of rotatable bonds is 6. The van der Waals surface area contributed by atoms with E-state index in [-0.39, 0.29) is 16.1 Å². The lowest BCUT2D eigenvalue weighted by atomic mass is 10.1. The van der Waals surface area contributed by atoms with Crippen molar-refractivity contribution in [2.45, 2.75) is 18.7 Å². The number of carbonyl (C=O) groups is 1. The fourth-order valence-electron chi connectivity index (χ4n) is 4.14. The summed E-state index contributed by atoms with van der Waals surface area (Å²) in [5.41, 5.74) is 4.19. The lowest BCUT2D eigenvalue weighted by Crippen LogP contribution is -2.47. The van der Waals surface area contributed by atoms with Crippen LogP contribution in [0.25, 0.3) is 0 Å². The Morgan fingerprint density at radius 2 is 1.59 bits per heavy atom. The normalized spacial score (nSPS) is 14.2. The van der Waals surface area contributed by atoms with Gasteiger partial charge < -0.3 is 14.9 Å². The molecule has 9 heteroatoms. The van der Waals surface area contributed by atoms with E-state index in [4.69, 9.17) is 0 Å². The molecule has 0 spiro atoms. The van der Waals surface area contributed by atoms with E-state index in [0.717, 1.165) is 25.2 Å². The molecule has 3 aromatic carbocycles. The molecule has 4 rings (SSSR count). The van der Waals surface area contributed by atoms with Crippen molar-refractivity contribution >= 4 is 33.1 Å². The molecule has 0 unspecified atom stereocenters. The predicted octanol–water partition coefficient (Wildman–Crippen LogP) is 4.27. The zero-order valence-corrected chi connectivity index (χ0v) is 19.8. The third-order valence-corrected chi connectivity index (χ3v) is 7.29. The van der Waals surface area contributed by atoms with E-state index in [9.17, 15) is 22.7 Å². The number of hydrogen-bond donors (Lipinski definition) is 2. The first-order valence-corrected chi connectivity index (χ1v) is 12.4. The number of nitrogens with zero attached hydrogens (tertiary/aromatic N) is 2. The quantitative estimate of drug-likeness (QED) is 0.544. The fraction of sp³-hybridized carbons (Fsp3) is 0.240. The van der Waals surface area contributed by atoms with Crippen molar-refractivity contribution in [3.05, 3.63) is 83.2 Å². The minimum Gasteiger partial charge on any atom is -0.478 e. The molecule has 0 saturated carbocycles. The highest BCUT2D eigenvalue weighted by atomic mass is 32.2. The van der Waals surface area contributed by atoms with Gasteiger partial charge in [-0.05, 0) is 67.4 Å². The van der Waals surface area contributed by atoms with Gasteiger partial charge in [-0.25, -0.2) is 17.6 Å². The lowest BCUT2D eigenvalue weighted by Gasteiger charge is -2.38. The van der Waals surface area contributed by atoms with Gasteiger partial charge in [0.25, 0.3) is 10.0 Å². The average molecular weight is 484 g/mol. The molecule has 0 amide bonds. The van der Waals surface area contributed by atoms with Crippen molar-refractivity contribution in [1.29, 1.82) is 0 Å². The van der Waals surface area contributed by atoms with Gasteiger partial charge in [0.1, 0.15) is 5.82 Å². The highest BCUT2D eigenvalue weighted by Crippen LogP contribution is 2.29. The van der Waals surface area contributed by atoms with Gasteiger partial charge in [0.2, 0.25) is 0 Å². The van der Waals surface area contributed by atoms with Gasteiger partial charge in [0.05, 0.1) is 16.1 Å². The first-order valence-electron chi connectivity index (χ1n) is 10.9. The molecule has 1 saturated heterocycles. The summed E-state index contributed by atoms with van der Waals surface area (Å²) in [5.74, 6) is -1.83. The molecule has 178 valence electrons. The number of piperazine rings is 1. The number of halogens is 1. The minimum absolute atomic E-state index is 0.000344. The van der Waals surface area contributed by atoms with Gasteiger partial charge in [-0.15, -0.1) is 0 Å². The summed E-state index contributed by atoms with van der Waals surface area (Å²) >= 11 is 0. The van der Waals surface area contributed by atoms with Gasteiger partial charge in [0, 0.05) is 37.6 Å². The zero-order chi connectivity index (χ0) is 24.5. The van der Waals surface area contributed by atoms with E-state index >= 15 is 0 Å². The molecule has 7 nitrogen and oxygen atoms in total. The van der Waals surface area contributed by atoms with Gasteiger partial charge in [-0.3, -0.25) is 4.72 Å². The van der Waals surface area contributed by atoms with Crippen LogP contribution in [-0.2, 0) is 10.0 Å². The molecular weight excluding hydrogens is 457 g/mol. The summed E-state index contributed by atoms with van der Waals surface area (Å²) in [6.07, 6.45) is 0. The molecule has 0 aliphatic carbocycles. The number of carboxylic acid groups (broad SMARTS) is 1. The number of nitrogens with one attached hydrogen (secondary N) is 1. The molecule has 1 fully saturated rings. The Balaban J connectivity index is 1.53. The summed E-state index contributed by atoms with van der Waals surface area (Å²) in [4.78, 5) is 16.0. The standard InChI is InChI=1S/C25H26FN3O4S/c1-17-6-7-18(2)24(14-17)29-12-10-28(11-13-29)23-9-8-20(16-22(23)25(30)31)27-34(32,33)21-5-3-4-19(26)15-21/h3-9,14-16,27H,10-13H2,1-2H3,(H,30,31). The Morgan fingerprint density at radius 1 is 0.912 bits per heavy atom. The highest BCUT2D eigenvalue weighted by molar-refractivity contribution is 7.92. The van der Waals surface area contributed by atoms with E-state index in [1.165, 1.54) is 41.1 Å². The number of anilines is 3. The summed E-state index contributed by atoms with van der Waals surface area (Å²) in [5, 5.41) is 9.81. The van der Waals surface area contributed by atoms with Crippen LogP contribution in [0.15, 0.2) is 65.6 Å². The maximum atomic E-state index is 13.5. The molecule has 1 aliphatic rings. The Labute approximate surface area is 198 Å². The number of hydrogen-bond acceptors (Lipinski definition) is 5. The minimum atomic E-state index is -4.06. The number of aryl methyl sites for hydroxylation is 2. The van der Waals surface area contributed by atoms with Gasteiger partial charge in [0.15, 0.2) is 0 Å². The molecule has 2 N–H and O–H groups in total. The Hall–Kier alpha value is -3.59. The molecule has 0 bridgehead atoms. The fourth-order valence-corrected chi connectivity index (χ4v) is 5.22. The largest absolute Gasteiger partial charge is 0.478 e. The first kappa shape index (κ1) is 23.6. The van der Waals surface area contributed by atoms with Crippen LogP contribution in [0.1, 0.15) is 21.5 Å². The van der Waals surface area contributed by atoms with Crippen LogP contribution in [0.4, 0.5) is 21.5 Å². The molecule has 3 aromatic rings. The topological polar surface area (TPSA) is 90.0 Å². The monoisotopic (exact) mass is 483 g/mol. The van der Waals surface area contributed by atoms with Crippen LogP contribution in [0, 0.1) is 19.7 Å². The van der Waals surface area contributed by atoms with E-state index in [1.54, 1.807) is 6.07 Å². The summed E-state index contributed by atoms with van der Waals surface area (Å²) < 4.78 is 41.0. The summed E-state index contributed by atoms with van der Waals surface area (Å²) in [7, 11) is -4.06. The second-order valence-corrected chi connectivity index (χ2v) is 10.0. The predicted molar refractivity (Wildman–Crippen MR) is 131 cm³/mol. The maximum absolute atomic E-state index is 13.5. The Morgan fingerprint density at radius 3 is 2.24 bits per heavy atom. The van der Waals surface area contributed by atoms with Crippen molar-refractivity contribution in [2.24, 2.45) is 0 Å². The molecule has 0 aromatic heterocycles. The van der Waals surface area contributed by atoms with Crippen molar-refractivity contribution < 1.29 is 22.7 Å². The van der Waals surface area contributed by atoms with E-state index in [0.29, 0.717) is 18.8 Å². The van der Waals surface area contributed by atoms with Gasteiger partial charge >= 0.3 is 5.97 Å². The van der Waals surface area contributed by atoms with Crippen molar-refractivity contribution in [1.82, 2.24) is 0 Å². The maximum Gasteiger partial charge on any atom is 0.337 e. The number of sulfonamides is 1. The average Bonchev–Trinajstić information content (AvgIpc) is 2.80. The second-order valence-electron chi connectivity index (χ2n) is 8.36. The van der Waals surface area contributed by atoms with Crippen LogP contribution in [0.3, 0.4) is 0 Å². The number of aromatic carboxylic acids is 1. The van der Waals surface area contributed by atoms with Crippen LogP contribution < -0.4 is 14.5 Å². The second kappa shape index (κ2) is 9.34. The summed E-state index contributed by atoms with van der Waals surface area (Å²) in [6.45, 7) is 6.86. The molecule has 1 aliphatic heterocycles. The van der Waals surface area contributed by atoms with Crippen LogP contribution in [-0.4, -0.2) is 45.7 Å². The van der Waals surface area contributed by atoms with Crippen LogP contribution in [0.2, 0.25) is 0 Å². The molecule has 1 heterocycles. The molecule has 0 atom stereocenters. The van der Waals surface area contributed by atoms with E-state index in [2.05, 4.69) is 41.7 Å². The lowest BCUT2D eigenvalue weighted by molar-refractivity contribution is 0.0697. The number of carboxylic acids is 1. The SMILES string of the molecule is Cc1ccc(C)c(N2CCN(c3ccc(NS(=O)(=O)c4cccc(F)c4)cc3C(=O)O)CC2)c1. The Bertz CT molecular complexity index is 1340. The Kier molecular flexibility index (Phi) is 6.47. The smallest absolute Gasteiger partial charge is 0.337 e. The van der Waals surface area contributed by atoms with Gasteiger partial charge in [-0.1, -0.05) is 18.2 Å². The summed E-state index contributed by atoms with van der Waals surface area (Å²) in [6, 6.07) is 15.4. The van der Waals surface area contributed by atoms with Crippen molar-refractivity contribution in [3.8, 4) is 0 Å². The highest BCUT2D eigenvalue weighted by Gasteiger charge is 2.24. The number of benzene rings is 3. The van der Waals surface area contributed by atoms with Crippen LogP contribution in [0.5, 0.6) is 0 Å².